The van der Waals surface area contributed by atoms with E-state index in [0.29, 0.717) is 4.43 Å². The number of rotatable bonds is 5. The van der Waals surface area contributed by atoms with Crippen LogP contribution in [-0.4, -0.2) is 61.3 Å². The second kappa shape index (κ2) is 7.19. The number of aromatic amines is 1. The predicted molar refractivity (Wildman–Crippen MR) is 83.0 cm³/mol. The summed E-state index contributed by atoms with van der Waals surface area (Å²) in [5, 5.41) is 28.8. The van der Waals surface area contributed by atoms with Crippen molar-refractivity contribution in [1.29, 1.82) is 0 Å². The van der Waals surface area contributed by atoms with E-state index in [9.17, 15) is 19.8 Å². The van der Waals surface area contributed by atoms with Crippen LogP contribution in [0.5, 0.6) is 0 Å². The van der Waals surface area contributed by atoms with Crippen molar-refractivity contribution in [2.24, 2.45) is 0 Å². The summed E-state index contributed by atoms with van der Waals surface area (Å²) in [7, 11) is 1.44. The van der Waals surface area contributed by atoms with Gasteiger partial charge >= 0.3 is 5.69 Å². The van der Waals surface area contributed by atoms with Crippen molar-refractivity contribution in [3.8, 4) is 0 Å². The number of hydrogen-bond donors (Lipinski definition) is 4. The number of methoxy groups -OCH3 is 1. The summed E-state index contributed by atoms with van der Waals surface area (Å²) < 4.78 is 11.9. The second-order valence-corrected chi connectivity index (χ2v) is 5.74. The van der Waals surface area contributed by atoms with Crippen molar-refractivity contribution < 1.29 is 24.8 Å². The summed E-state index contributed by atoms with van der Waals surface area (Å²) in [4.78, 5) is 26.0. The van der Waals surface area contributed by atoms with Crippen LogP contribution in [0.2, 0.25) is 0 Å². The fourth-order valence-corrected chi connectivity index (χ4v) is 3.14. The smallest absolute Gasteiger partial charge is 0.330 e. The quantitative estimate of drug-likeness (QED) is 0.324. The van der Waals surface area contributed by atoms with Crippen LogP contribution in [0.25, 0.3) is 0 Å². The van der Waals surface area contributed by atoms with Crippen LogP contribution in [-0.2, 0) is 9.47 Å². The number of nitrogens with one attached hydrogen (secondary N) is 1. The summed E-state index contributed by atoms with van der Waals surface area (Å²) >= 11 is 2.04. The van der Waals surface area contributed by atoms with Gasteiger partial charge in [0.05, 0.1) is 18.3 Å². The Bertz CT molecular complexity index is 627. The van der Waals surface area contributed by atoms with Crippen LogP contribution < -0.4 is 11.2 Å². The molecule has 1 fully saturated rings. The topological polar surface area (TPSA) is 134 Å². The first-order valence-electron chi connectivity index (χ1n) is 6.51. The van der Waals surface area contributed by atoms with Gasteiger partial charge in [-0.1, -0.05) is 22.6 Å². The Kier molecular flexibility index (Phi) is 5.74. The van der Waals surface area contributed by atoms with Gasteiger partial charge in [-0.25, -0.2) is 4.79 Å². The molecule has 1 aliphatic rings. The lowest BCUT2D eigenvalue weighted by atomic mass is 10.1. The van der Waals surface area contributed by atoms with Crippen molar-refractivity contribution in [3.63, 3.8) is 0 Å². The molecule has 5 atom stereocenters. The Morgan fingerprint density at radius 1 is 1.45 bits per heavy atom. The zero-order valence-corrected chi connectivity index (χ0v) is 13.8. The van der Waals surface area contributed by atoms with Crippen LogP contribution in [0.1, 0.15) is 17.9 Å². The fourth-order valence-electron chi connectivity index (χ4n) is 2.30. The molecule has 2 rings (SSSR count). The molecule has 9 nitrogen and oxygen atoms in total. The lowest BCUT2D eigenvalue weighted by Crippen LogP contribution is -2.39. The molecule has 10 heteroatoms. The first-order valence-corrected chi connectivity index (χ1v) is 8.03. The number of H-pyrrole nitrogens is 1. The summed E-state index contributed by atoms with van der Waals surface area (Å²) in [5.74, 6) is 0. The first-order chi connectivity index (χ1) is 10.4. The van der Waals surface area contributed by atoms with Crippen molar-refractivity contribution in [1.82, 2.24) is 9.55 Å². The van der Waals surface area contributed by atoms with Crippen LogP contribution in [0.15, 0.2) is 15.8 Å². The molecule has 4 N–H and O–H groups in total. The van der Waals surface area contributed by atoms with E-state index < -0.39 is 48.5 Å². The number of aromatic nitrogens is 2. The molecule has 124 valence electrons. The van der Waals surface area contributed by atoms with E-state index in [1.165, 1.54) is 13.3 Å². The third-order valence-corrected chi connectivity index (χ3v) is 4.36. The highest BCUT2D eigenvalue weighted by molar-refractivity contribution is 14.1. The summed E-state index contributed by atoms with van der Waals surface area (Å²) in [6, 6.07) is 0. The van der Waals surface area contributed by atoms with E-state index in [1.807, 2.05) is 22.6 Å². The lowest BCUT2D eigenvalue weighted by molar-refractivity contribution is -0.0553. The van der Waals surface area contributed by atoms with E-state index in [2.05, 4.69) is 4.98 Å². The molecule has 1 saturated heterocycles. The molecule has 22 heavy (non-hydrogen) atoms. The maximum absolute atomic E-state index is 12.0. The van der Waals surface area contributed by atoms with Crippen LogP contribution >= 0.6 is 22.6 Å². The molecule has 0 radical (unpaired) electrons. The van der Waals surface area contributed by atoms with Gasteiger partial charge in [0.25, 0.3) is 5.56 Å². The number of alkyl halides is 1. The van der Waals surface area contributed by atoms with Crippen LogP contribution in [0, 0.1) is 0 Å². The Morgan fingerprint density at radius 2 is 2.14 bits per heavy atom. The van der Waals surface area contributed by atoms with E-state index in [4.69, 9.17) is 14.6 Å². The molecule has 0 spiro atoms. The number of aliphatic hydroxyl groups is 3. The van der Waals surface area contributed by atoms with Crippen molar-refractivity contribution >= 4 is 22.6 Å². The van der Waals surface area contributed by atoms with Gasteiger partial charge in [0.2, 0.25) is 0 Å². The Labute approximate surface area is 138 Å². The highest BCUT2D eigenvalue weighted by Crippen LogP contribution is 2.28. The number of nitrogens with zero attached hydrogens (tertiary/aromatic N) is 1. The largest absolute Gasteiger partial charge is 0.394 e. The number of aliphatic hydroxyl groups excluding tert-OH is 3. The minimum absolute atomic E-state index is 0.203. The van der Waals surface area contributed by atoms with Crippen molar-refractivity contribution in [2.75, 3.05) is 18.1 Å². The molecule has 1 aromatic rings. The second-order valence-electron chi connectivity index (χ2n) is 4.86. The average Bonchev–Trinajstić information content (AvgIpc) is 2.78. The summed E-state index contributed by atoms with van der Waals surface area (Å²) in [6.07, 6.45) is -4.25. The maximum Gasteiger partial charge on any atom is 0.330 e. The van der Waals surface area contributed by atoms with Gasteiger partial charge in [0.15, 0.2) is 6.23 Å². The fraction of sp³-hybridized carbons (Fsp3) is 0.667. The Hall–Kier alpha value is -0.790. The van der Waals surface area contributed by atoms with E-state index >= 15 is 0 Å². The Morgan fingerprint density at radius 3 is 2.64 bits per heavy atom. The summed E-state index contributed by atoms with van der Waals surface area (Å²) in [5.41, 5.74) is -1.17. The van der Waals surface area contributed by atoms with Gasteiger partial charge in [-0.2, -0.15) is 0 Å². The molecular weight excluding hydrogens is 411 g/mol. The molecule has 0 amide bonds. The van der Waals surface area contributed by atoms with Crippen LogP contribution in [0.3, 0.4) is 0 Å². The monoisotopic (exact) mass is 428 g/mol. The van der Waals surface area contributed by atoms with Gasteiger partial charge < -0.3 is 24.8 Å². The first kappa shape index (κ1) is 17.6. The Balaban J connectivity index is 2.46. The van der Waals surface area contributed by atoms with E-state index in [0.717, 1.165) is 4.57 Å². The van der Waals surface area contributed by atoms with Crippen molar-refractivity contribution in [2.45, 2.75) is 30.6 Å². The minimum Gasteiger partial charge on any atom is -0.394 e. The average molecular weight is 428 g/mol. The van der Waals surface area contributed by atoms with E-state index in [1.54, 1.807) is 0 Å². The number of ether oxygens (including phenoxy) is 2. The zero-order valence-electron chi connectivity index (χ0n) is 11.7. The molecule has 0 aliphatic carbocycles. The lowest BCUT2D eigenvalue weighted by Gasteiger charge is -2.19. The van der Waals surface area contributed by atoms with Gasteiger partial charge in [0, 0.05) is 17.7 Å². The molecule has 1 aromatic heterocycles. The molecule has 0 saturated carbocycles. The van der Waals surface area contributed by atoms with E-state index in [-0.39, 0.29) is 5.56 Å². The minimum atomic E-state index is -1.41. The molecular formula is C12H17IN2O7. The molecule has 0 aromatic carbocycles. The van der Waals surface area contributed by atoms with Gasteiger partial charge in [0.1, 0.15) is 18.3 Å². The van der Waals surface area contributed by atoms with Gasteiger partial charge in [-0.15, -0.1) is 0 Å². The van der Waals surface area contributed by atoms with Gasteiger partial charge in [-0.05, 0) is 0 Å². The number of hydrogen-bond acceptors (Lipinski definition) is 7. The normalized spacial score (nSPS) is 29.7. The zero-order chi connectivity index (χ0) is 16.4. The maximum atomic E-state index is 12.0. The molecule has 1 aliphatic heterocycles. The highest BCUT2D eigenvalue weighted by Gasteiger charge is 2.44. The third kappa shape index (κ3) is 3.12. The van der Waals surface area contributed by atoms with Crippen molar-refractivity contribution in [3.05, 3.63) is 32.6 Å². The molecule has 2 heterocycles. The van der Waals surface area contributed by atoms with Crippen LogP contribution in [0.4, 0.5) is 0 Å². The third-order valence-electron chi connectivity index (χ3n) is 3.56. The predicted octanol–water partition coefficient (Wildman–Crippen LogP) is -1.73. The standard InChI is InChI=1S/C12H17IN2O7/c1-21-6(2-13)5-3-15(12(20)14-10(5)19)11-9(18)8(17)7(4-16)22-11/h3,6-9,11,16-18H,2,4H2,1H3,(H,14,19,20)/t6?,7-,8-,9-,11-/m1/s1. The van der Waals surface area contributed by atoms with Gasteiger partial charge in [-0.3, -0.25) is 14.3 Å². The SMILES string of the molecule is COC(CI)c1cn([C@@H]2O[C@H](CO)[C@@H](O)[C@H]2O)c(=O)[nH]c1=O. The number of halogens is 1. The highest BCUT2D eigenvalue weighted by atomic mass is 127. The summed E-state index contributed by atoms with van der Waals surface area (Å²) in [6.45, 7) is -0.506. The molecule has 1 unspecified atom stereocenters. The molecule has 0 bridgehead atoms.